The molecule has 0 unspecified atom stereocenters. The van der Waals surface area contributed by atoms with Gasteiger partial charge in [-0.05, 0) is 40.9 Å². The predicted octanol–water partition coefficient (Wildman–Crippen LogP) is 2.83. The zero-order valence-corrected chi connectivity index (χ0v) is 11.1. The number of rotatable bonds is 2. The van der Waals surface area contributed by atoms with Crippen LogP contribution >= 0.6 is 15.9 Å². The van der Waals surface area contributed by atoms with Crippen LogP contribution in [0.4, 0.5) is 4.39 Å². The number of ether oxygens (including phenoxy) is 1. The van der Waals surface area contributed by atoms with Crippen molar-refractivity contribution in [3.05, 3.63) is 28.0 Å². The van der Waals surface area contributed by atoms with Crippen LogP contribution in [-0.2, 0) is 0 Å². The first-order valence-corrected chi connectivity index (χ1v) is 6.25. The fourth-order valence-electron chi connectivity index (χ4n) is 1.94. The Labute approximate surface area is 108 Å². The molecule has 5 heteroatoms. The molecule has 1 saturated heterocycles. The second-order valence-corrected chi connectivity index (χ2v) is 4.82. The number of amides is 1. The van der Waals surface area contributed by atoms with E-state index in [1.807, 2.05) is 0 Å². The van der Waals surface area contributed by atoms with E-state index in [1.165, 1.54) is 19.2 Å². The molecule has 2 rings (SSSR count). The summed E-state index contributed by atoms with van der Waals surface area (Å²) in [7, 11) is 1.39. The molecule has 3 nitrogen and oxygen atoms in total. The highest BCUT2D eigenvalue weighted by molar-refractivity contribution is 9.10. The molecule has 1 aromatic rings. The van der Waals surface area contributed by atoms with E-state index in [0.29, 0.717) is 10.0 Å². The van der Waals surface area contributed by atoms with Gasteiger partial charge in [0.15, 0.2) is 11.6 Å². The van der Waals surface area contributed by atoms with Crippen molar-refractivity contribution in [1.29, 1.82) is 0 Å². The first kappa shape index (κ1) is 12.4. The summed E-state index contributed by atoms with van der Waals surface area (Å²) in [4.78, 5) is 13.9. The largest absolute Gasteiger partial charge is 0.494 e. The van der Waals surface area contributed by atoms with Crippen LogP contribution in [0.5, 0.6) is 5.75 Å². The van der Waals surface area contributed by atoms with Crippen LogP contribution in [0.3, 0.4) is 0 Å². The van der Waals surface area contributed by atoms with Gasteiger partial charge in [-0.2, -0.15) is 0 Å². The minimum absolute atomic E-state index is 0.0762. The van der Waals surface area contributed by atoms with Crippen LogP contribution in [-0.4, -0.2) is 31.0 Å². The summed E-state index contributed by atoms with van der Waals surface area (Å²) in [6, 6.07) is 2.71. The highest BCUT2D eigenvalue weighted by atomic mass is 79.9. The van der Waals surface area contributed by atoms with Crippen LogP contribution < -0.4 is 4.74 Å². The molecule has 0 bridgehead atoms. The van der Waals surface area contributed by atoms with Gasteiger partial charge in [0.25, 0.3) is 5.91 Å². The summed E-state index contributed by atoms with van der Waals surface area (Å²) in [6.45, 7) is 1.54. The minimum Gasteiger partial charge on any atom is -0.494 e. The lowest BCUT2D eigenvalue weighted by atomic mass is 10.2. The van der Waals surface area contributed by atoms with E-state index in [4.69, 9.17) is 4.74 Å². The number of hydrogen-bond acceptors (Lipinski definition) is 2. The molecule has 0 saturated carbocycles. The van der Waals surface area contributed by atoms with Crippen molar-refractivity contribution in [3.8, 4) is 5.75 Å². The van der Waals surface area contributed by atoms with Gasteiger partial charge < -0.3 is 9.64 Å². The standard InChI is InChI=1S/C12H13BrFNO2/c1-17-11-6-8(9(13)7-10(11)14)12(16)15-4-2-3-5-15/h6-7H,2-5H2,1H3. The van der Waals surface area contributed by atoms with Gasteiger partial charge in [-0.1, -0.05) is 0 Å². The van der Waals surface area contributed by atoms with Crippen LogP contribution in [0.1, 0.15) is 23.2 Å². The molecule has 0 N–H and O–H groups in total. The number of halogens is 2. The van der Waals surface area contributed by atoms with Crippen molar-refractivity contribution < 1.29 is 13.9 Å². The number of likely N-dealkylation sites (tertiary alicyclic amines) is 1. The fraction of sp³-hybridized carbons (Fsp3) is 0.417. The van der Waals surface area contributed by atoms with Crippen molar-refractivity contribution in [2.45, 2.75) is 12.8 Å². The van der Waals surface area contributed by atoms with Crippen LogP contribution in [0.2, 0.25) is 0 Å². The number of carbonyl (C=O) groups excluding carboxylic acids is 1. The molecule has 1 heterocycles. The maximum atomic E-state index is 13.4. The van der Waals surface area contributed by atoms with Gasteiger partial charge in [0, 0.05) is 17.6 Å². The number of nitrogens with zero attached hydrogens (tertiary/aromatic N) is 1. The number of hydrogen-bond donors (Lipinski definition) is 0. The second-order valence-electron chi connectivity index (χ2n) is 3.97. The molecule has 0 radical (unpaired) electrons. The Bertz CT molecular complexity index is 444. The molecule has 0 spiro atoms. The third-order valence-electron chi connectivity index (χ3n) is 2.87. The Kier molecular flexibility index (Phi) is 3.66. The van der Waals surface area contributed by atoms with Crippen molar-refractivity contribution in [1.82, 2.24) is 4.90 Å². The Morgan fingerprint density at radius 3 is 2.65 bits per heavy atom. The van der Waals surface area contributed by atoms with Crippen molar-refractivity contribution in [2.75, 3.05) is 20.2 Å². The lowest BCUT2D eigenvalue weighted by molar-refractivity contribution is 0.0791. The maximum absolute atomic E-state index is 13.4. The number of carbonyl (C=O) groups is 1. The van der Waals surface area contributed by atoms with E-state index in [-0.39, 0.29) is 11.7 Å². The van der Waals surface area contributed by atoms with E-state index in [1.54, 1.807) is 4.90 Å². The van der Waals surface area contributed by atoms with E-state index >= 15 is 0 Å². The average molecular weight is 302 g/mol. The molecule has 0 atom stereocenters. The Morgan fingerprint density at radius 2 is 2.06 bits per heavy atom. The zero-order chi connectivity index (χ0) is 12.4. The first-order valence-electron chi connectivity index (χ1n) is 5.46. The highest BCUT2D eigenvalue weighted by Crippen LogP contribution is 2.28. The molecule has 1 amide bonds. The van der Waals surface area contributed by atoms with Gasteiger partial charge in [0.2, 0.25) is 0 Å². The lowest BCUT2D eigenvalue weighted by Gasteiger charge is -2.16. The molecular weight excluding hydrogens is 289 g/mol. The van der Waals surface area contributed by atoms with Gasteiger partial charge in [0.05, 0.1) is 12.7 Å². The third-order valence-corrected chi connectivity index (χ3v) is 3.52. The Morgan fingerprint density at radius 1 is 1.41 bits per heavy atom. The third kappa shape index (κ3) is 2.44. The Hall–Kier alpha value is -1.10. The molecular formula is C12H13BrFNO2. The van der Waals surface area contributed by atoms with Gasteiger partial charge >= 0.3 is 0 Å². The maximum Gasteiger partial charge on any atom is 0.255 e. The summed E-state index contributed by atoms with van der Waals surface area (Å²) >= 11 is 3.22. The molecule has 17 heavy (non-hydrogen) atoms. The molecule has 0 aromatic heterocycles. The molecule has 1 aromatic carbocycles. The SMILES string of the molecule is COc1cc(C(=O)N2CCCC2)c(Br)cc1F. The summed E-state index contributed by atoms with van der Waals surface area (Å²) in [5, 5.41) is 0. The fourth-order valence-corrected chi connectivity index (χ4v) is 2.43. The molecule has 92 valence electrons. The zero-order valence-electron chi connectivity index (χ0n) is 9.50. The van der Waals surface area contributed by atoms with E-state index in [0.717, 1.165) is 25.9 Å². The van der Waals surface area contributed by atoms with Gasteiger partial charge in [-0.3, -0.25) is 4.79 Å². The monoisotopic (exact) mass is 301 g/mol. The summed E-state index contributed by atoms with van der Waals surface area (Å²) in [5.74, 6) is -0.458. The van der Waals surface area contributed by atoms with E-state index in [9.17, 15) is 9.18 Å². The molecule has 1 aliphatic heterocycles. The molecule has 1 fully saturated rings. The van der Waals surface area contributed by atoms with Crippen LogP contribution in [0.15, 0.2) is 16.6 Å². The first-order chi connectivity index (χ1) is 8.13. The van der Waals surface area contributed by atoms with Crippen LogP contribution in [0, 0.1) is 5.82 Å². The smallest absolute Gasteiger partial charge is 0.255 e. The quantitative estimate of drug-likeness (QED) is 0.841. The summed E-state index contributed by atoms with van der Waals surface area (Å²) in [5.41, 5.74) is 0.449. The highest BCUT2D eigenvalue weighted by Gasteiger charge is 2.22. The second kappa shape index (κ2) is 5.04. The topological polar surface area (TPSA) is 29.5 Å². The number of methoxy groups -OCH3 is 1. The normalized spacial score (nSPS) is 15.1. The van der Waals surface area contributed by atoms with E-state index < -0.39 is 5.82 Å². The lowest BCUT2D eigenvalue weighted by Crippen LogP contribution is -2.28. The predicted molar refractivity (Wildman–Crippen MR) is 65.8 cm³/mol. The van der Waals surface area contributed by atoms with E-state index in [2.05, 4.69) is 15.9 Å². The van der Waals surface area contributed by atoms with Gasteiger partial charge in [0.1, 0.15) is 0 Å². The van der Waals surface area contributed by atoms with Crippen molar-refractivity contribution in [3.63, 3.8) is 0 Å². The number of benzene rings is 1. The van der Waals surface area contributed by atoms with Gasteiger partial charge in [-0.25, -0.2) is 4.39 Å². The molecule has 0 aliphatic carbocycles. The summed E-state index contributed by atoms with van der Waals surface area (Å²) in [6.07, 6.45) is 2.06. The average Bonchev–Trinajstić information content (AvgIpc) is 2.82. The Balaban J connectivity index is 2.33. The van der Waals surface area contributed by atoms with Crippen LogP contribution in [0.25, 0.3) is 0 Å². The molecule has 1 aliphatic rings. The summed E-state index contributed by atoms with van der Waals surface area (Å²) < 4.78 is 18.7. The van der Waals surface area contributed by atoms with Crippen molar-refractivity contribution in [2.24, 2.45) is 0 Å². The minimum atomic E-state index is -0.475. The van der Waals surface area contributed by atoms with Gasteiger partial charge in [-0.15, -0.1) is 0 Å². The van der Waals surface area contributed by atoms with Crippen molar-refractivity contribution >= 4 is 21.8 Å².